The van der Waals surface area contributed by atoms with E-state index in [1.807, 2.05) is 18.3 Å². The van der Waals surface area contributed by atoms with E-state index >= 15 is 0 Å². The van der Waals surface area contributed by atoms with E-state index in [4.69, 9.17) is 0 Å². The number of rotatable bonds is 5. The number of benzene rings is 1. The van der Waals surface area contributed by atoms with E-state index in [0.29, 0.717) is 5.92 Å². The molecule has 1 N–H and O–H groups in total. The van der Waals surface area contributed by atoms with Gasteiger partial charge in [-0.15, -0.1) is 5.10 Å². The smallest absolute Gasteiger partial charge is 0.0969 e. The lowest BCUT2D eigenvalue weighted by Crippen LogP contribution is -2.19. The van der Waals surface area contributed by atoms with Crippen molar-refractivity contribution >= 4 is 47.8 Å². The van der Waals surface area contributed by atoms with Gasteiger partial charge in [0.15, 0.2) is 0 Å². The van der Waals surface area contributed by atoms with Gasteiger partial charge in [-0.1, -0.05) is 35.0 Å². The van der Waals surface area contributed by atoms with E-state index in [-0.39, 0.29) is 0 Å². The van der Waals surface area contributed by atoms with Crippen molar-refractivity contribution in [2.24, 2.45) is 5.92 Å². The summed E-state index contributed by atoms with van der Waals surface area (Å²) in [7, 11) is 0. The SMILES string of the molecule is CC(C)CNCc1cn(-c2c(Br)cc(Br)cc2Br)nn1. The van der Waals surface area contributed by atoms with Crippen molar-refractivity contribution in [3.05, 3.63) is 37.4 Å². The minimum absolute atomic E-state index is 0.625. The van der Waals surface area contributed by atoms with Gasteiger partial charge in [-0.25, -0.2) is 4.68 Å². The second-order valence-electron chi connectivity index (χ2n) is 4.90. The predicted molar refractivity (Wildman–Crippen MR) is 91.0 cm³/mol. The average molecular weight is 467 g/mol. The standard InChI is InChI=1S/C13H15Br3N4/c1-8(2)5-17-6-10-7-20(19-18-10)13-11(15)3-9(14)4-12(13)16/h3-4,7-8,17H,5-6H2,1-2H3. The summed E-state index contributed by atoms with van der Waals surface area (Å²) in [6.45, 7) is 6.06. The highest BCUT2D eigenvalue weighted by atomic mass is 79.9. The summed E-state index contributed by atoms with van der Waals surface area (Å²) in [5, 5.41) is 11.7. The third kappa shape index (κ3) is 4.13. The van der Waals surface area contributed by atoms with Crippen LogP contribution in [0.3, 0.4) is 0 Å². The molecule has 0 fully saturated rings. The Kier molecular flexibility index (Phi) is 5.77. The summed E-state index contributed by atoms with van der Waals surface area (Å²) in [4.78, 5) is 0. The van der Waals surface area contributed by atoms with Crippen LogP contribution in [0.2, 0.25) is 0 Å². The molecule has 0 atom stereocenters. The molecule has 20 heavy (non-hydrogen) atoms. The van der Waals surface area contributed by atoms with E-state index in [1.165, 1.54) is 0 Å². The first-order valence-corrected chi connectivity index (χ1v) is 8.62. The lowest BCUT2D eigenvalue weighted by Gasteiger charge is -2.07. The summed E-state index contributed by atoms with van der Waals surface area (Å²) >= 11 is 10.6. The van der Waals surface area contributed by atoms with Crippen LogP contribution in [0.25, 0.3) is 5.69 Å². The molecular formula is C13H15Br3N4. The molecule has 0 amide bonds. The third-order valence-electron chi connectivity index (χ3n) is 2.61. The normalized spacial score (nSPS) is 11.3. The van der Waals surface area contributed by atoms with Crippen LogP contribution >= 0.6 is 47.8 Å². The second-order valence-corrected chi connectivity index (χ2v) is 7.52. The highest BCUT2D eigenvalue weighted by Crippen LogP contribution is 2.32. The van der Waals surface area contributed by atoms with Crippen LogP contribution in [-0.4, -0.2) is 21.5 Å². The highest BCUT2D eigenvalue weighted by Gasteiger charge is 2.11. The molecular weight excluding hydrogens is 452 g/mol. The molecule has 0 bridgehead atoms. The first-order chi connectivity index (χ1) is 9.47. The molecule has 0 spiro atoms. The van der Waals surface area contributed by atoms with E-state index in [1.54, 1.807) is 4.68 Å². The molecule has 0 aliphatic rings. The minimum atomic E-state index is 0.625. The molecule has 1 aromatic carbocycles. The van der Waals surface area contributed by atoms with Crippen molar-refractivity contribution in [1.82, 2.24) is 20.3 Å². The Labute approximate surface area is 143 Å². The lowest BCUT2D eigenvalue weighted by atomic mass is 10.2. The maximum absolute atomic E-state index is 4.19. The second kappa shape index (κ2) is 7.15. The first kappa shape index (κ1) is 16.1. The van der Waals surface area contributed by atoms with Crippen molar-refractivity contribution in [1.29, 1.82) is 0 Å². The zero-order valence-electron chi connectivity index (χ0n) is 11.2. The maximum atomic E-state index is 4.19. The largest absolute Gasteiger partial charge is 0.311 e. The average Bonchev–Trinajstić information content (AvgIpc) is 2.75. The molecule has 108 valence electrons. The monoisotopic (exact) mass is 464 g/mol. The van der Waals surface area contributed by atoms with Crippen molar-refractivity contribution in [3.63, 3.8) is 0 Å². The van der Waals surface area contributed by atoms with Gasteiger partial charge in [0.1, 0.15) is 0 Å². The van der Waals surface area contributed by atoms with Gasteiger partial charge in [0.05, 0.1) is 17.6 Å². The highest BCUT2D eigenvalue weighted by molar-refractivity contribution is 9.11. The molecule has 0 saturated carbocycles. The summed E-state index contributed by atoms with van der Waals surface area (Å²) in [5.74, 6) is 0.625. The van der Waals surface area contributed by atoms with Gasteiger partial charge >= 0.3 is 0 Å². The van der Waals surface area contributed by atoms with Gasteiger partial charge in [-0.05, 0) is 56.5 Å². The van der Waals surface area contributed by atoms with Crippen LogP contribution in [-0.2, 0) is 6.54 Å². The van der Waals surface area contributed by atoms with E-state index < -0.39 is 0 Å². The van der Waals surface area contributed by atoms with Gasteiger partial charge < -0.3 is 5.32 Å². The molecule has 4 nitrogen and oxygen atoms in total. The third-order valence-corrected chi connectivity index (χ3v) is 4.28. The molecule has 1 aromatic heterocycles. The summed E-state index contributed by atoms with van der Waals surface area (Å²) in [5.41, 5.74) is 1.86. The van der Waals surface area contributed by atoms with Crippen molar-refractivity contribution in [3.8, 4) is 5.69 Å². The summed E-state index contributed by atoms with van der Waals surface area (Å²) in [6.07, 6.45) is 1.94. The number of hydrogen-bond donors (Lipinski definition) is 1. The van der Waals surface area contributed by atoms with Gasteiger partial charge in [0.2, 0.25) is 0 Å². The predicted octanol–water partition coefficient (Wildman–Crippen LogP) is 4.30. The Bertz CT molecular complexity index is 572. The fourth-order valence-corrected chi connectivity index (χ4v) is 4.35. The number of nitrogens with zero attached hydrogens (tertiary/aromatic N) is 3. The van der Waals surface area contributed by atoms with Crippen molar-refractivity contribution < 1.29 is 0 Å². The molecule has 0 radical (unpaired) electrons. The van der Waals surface area contributed by atoms with Gasteiger partial charge in [-0.2, -0.15) is 0 Å². The fourth-order valence-electron chi connectivity index (χ4n) is 1.73. The van der Waals surface area contributed by atoms with Crippen LogP contribution in [0.4, 0.5) is 0 Å². The lowest BCUT2D eigenvalue weighted by molar-refractivity contribution is 0.548. The number of hydrogen-bond acceptors (Lipinski definition) is 3. The minimum Gasteiger partial charge on any atom is -0.311 e. The van der Waals surface area contributed by atoms with Crippen LogP contribution in [0.1, 0.15) is 19.5 Å². The molecule has 2 rings (SSSR count). The Morgan fingerprint density at radius 1 is 1.20 bits per heavy atom. The molecule has 1 heterocycles. The van der Waals surface area contributed by atoms with Crippen molar-refractivity contribution in [2.45, 2.75) is 20.4 Å². The molecule has 2 aromatic rings. The first-order valence-electron chi connectivity index (χ1n) is 6.24. The van der Waals surface area contributed by atoms with Gasteiger partial charge in [0, 0.05) is 20.0 Å². The topological polar surface area (TPSA) is 42.7 Å². The Morgan fingerprint density at radius 2 is 1.85 bits per heavy atom. The Hall–Kier alpha value is -0.240. The quantitative estimate of drug-likeness (QED) is 0.714. The van der Waals surface area contributed by atoms with Crippen LogP contribution < -0.4 is 5.32 Å². The zero-order valence-corrected chi connectivity index (χ0v) is 16.0. The number of nitrogens with one attached hydrogen (secondary N) is 1. The molecule has 0 aliphatic heterocycles. The molecule has 0 saturated heterocycles. The summed E-state index contributed by atoms with van der Waals surface area (Å²) < 4.78 is 4.67. The number of halogens is 3. The van der Waals surface area contributed by atoms with Gasteiger partial charge in [0.25, 0.3) is 0 Å². The van der Waals surface area contributed by atoms with Crippen LogP contribution in [0.5, 0.6) is 0 Å². The summed E-state index contributed by atoms with van der Waals surface area (Å²) in [6, 6.07) is 3.97. The van der Waals surface area contributed by atoms with E-state index in [2.05, 4.69) is 77.3 Å². The Balaban J connectivity index is 2.17. The zero-order chi connectivity index (χ0) is 14.7. The number of aromatic nitrogens is 3. The fraction of sp³-hybridized carbons (Fsp3) is 0.385. The van der Waals surface area contributed by atoms with E-state index in [0.717, 1.165) is 37.9 Å². The molecule has 0 aliphatic carbocycles. The van der Waals surface area contributed by atoms with E-state index in [9.17, 15) is 0 Å². The Morgan fingerprint density at radius 3 is 2.45 bits per heavy atom. The van der Waals surface area contributed by atoms with Gasteiger partial charge in [-0.3, -0.25) is 0 Å². The van der Waals surface area contributed by atoms with Crippen molar-refractivity contribution in [2.75, 3.05) is 6.54 Å². The van der Waals surface area contributed by atoms with Crippen LogP contribution in [0, 0.1) is 5.92 Å². The molecule has 0 unspecified atom stereocenters. The molecule has 7 heteroatoms. The van der Waals surface area contributed by atoms with Crippen LogP contribution in [0.15, 0.2) is 31.7 Å². The maximum Gasteiger partial charge on any atom is 0.0969 e.